The maximum absolute atomic E-state index is 12.3. The fourth-order valence-corrected chi connectivity index (χ4v) is 2.74. The molecular formula is C17H11N3O2. The Kier molecular flexibility index (Phi) is 2.66. The summed E-state index contributed by atoms with van der Waals surface area (Å²) in [5.74, 6) is 0. The number of aromatic amines is 2. The van der Waals surface area contributed by atoms with Crippen molar-refractivity contribution >= 4 is 21.8 Å². The van der Waals surface area contributed by atoms with Gasteiger partial charge >= 0.3 is 0 Å². The lowest BCUT2D eigenvalue weighted by molar-refractivity contribution is 0.972. The van der Waals surface area contributed by atoms with Crippen LogP contribution in [-0.2, 0) is 0 Å². The molecule has 0 amide bonds. The van der Waals surface area contributed by atoms with Crippen LogP contribution in [0.3, 0.4) is 0 Å². The molecule has 0 aliphatic rings. The van der Waals surface area contributed by atoms with Crippen molar-refractivity contribution < 1.29 is 0 Å². The van der Waals surface area contributed by atoms with Gasteiger partial charge in [-0.2, -0.15) is 0 Å². The van der Waals surface area contributed by atoms with Gasteiger partial charge in [-0.25, -0.2) is 4.98 Å². The number of benzene rings is 2. The molecule has 2 heterocycles. The molecule has 2 aromatic heterocycles. The minimum Gasteiger partial charge on any atom is -0.267 e. The lowest BCUT2D eigenvalue weighted by Gasteiger charge is -2.09. The summed E-state index contributed by atoms with van der Waals surface area (Å²) in [7, 11) is 0. The summed E-state index contributed by atoms with van der Waals surface area (Å²) >= 11 is 0. The first-order valence-electron chi connectivity index (χ1n) is 6.84. The normalized spacial score (nSPS) is 11.1. The Morgan fingerprint density at radius 2 is 1.45 bits per heavy atom. The van der Waals surface area contributed by atoms with E-state index in [2.05, 4.69) is 15.2 Å². The van der Waals surface area contributed by atoms with Crippen molar-refractivity contribution in [3.05, 3.63) is 75.3 Å². The average Bonchev–Trinajstić information content (AvgIpc) is 2.57. The number of hydrogen-bond donors (Lipinski definition) is 2. The number of nitrogens with zero attached hydrogens (tertiary/aromatic N) is 1. The molecule has 0 saturated heterocycles. The van der Waals surface area contributed by atoms with Crippen molar-refractivity contribution in [3.8, 4) is 11.1 Å². The second-order valence-electron chi connectivity index (χ2n) is 5.00. The maximum Gasteiger partial charge on any atom is 0.289 e. The predicted molar refractivity (Wildman–Crippen MR) is 85.9 cm³/mol. The maximum atomic E-state index is 12.3. The minimum absolute atomic E-state index is 0.154. The third-order valence-corrected chi connectivity index (χ3v) is 3.69. The van der Waals surface area contributed by atoms with Crippen LogP contribution in [0.2, 0.25) is 0 Å². The molecule has 0 saturated carbocycles. The number of para-hydroxylation sites is 1. The van der Waals surface area contributed by atoms with E-state index in [4.69, 9.17) is 0 Å². The fraction of sp³-hybridized carbons (Fsp3) is 0. The van der Waals surface area contributed by atoms with E-state index < -0.39 is 5.56 Å². The van der Waals surface area contributed by atoms with Gasteiger partial charge in [-0.3, -0.25) is 19.8 Å². The summed E-state index contributed by atoms with van der Waals surface area (Å²) in [4.78, 5) is 28.7. The van der Waals surface area contributed by atoms with E-state index in [0.29, 0.717) is 10.9 Å². The lowest BCUT2D eigenvalue weighted by Crippen LogP contribution is -2.20. The van der Waals surface area contributed by atoms with Crippen molar-refractivity contribution in [2.24, 2.45) is 0 Å². The zero-order chi connectivity index (χ0) is 15.1. The van der Waals surface area contributed by atoms with E-state index in [0.717, 1.165) is 16.5 Å². The third kappa shape index (κ3) is 1.76. The standard InChI is InChI=1S/C17H11N3O2/c21-16-14-13(10-6-2-1-3-7-10)11-8-4-5-9-12(11)18-15(14)17(22)20-19-16/h1-9H,(H,19,21)(H,20,22). The van der Waals surface area contributed by atoms with Crippen molar-refractivity contribution in [1.29, 1.82) is 0 Å². The van der Waals surface area contributed by atoms with Gasteiger partial charge in [0.2, 0.25) is 0 Å². The SMILES string of the molecule is O=c1[nH][nH]c(=O)c2c(-c3ccccc3)c3ccccc3nc12. The molecule has 22 heavy (non-hydrogen) atoms. The average molecular weight is 289 g/mol. The molecule has 0 spiro atoms. The van der Waals surface area contributed by atoms with Crippen LogP contribution in [0.15, 0.2) is 64.2 Å². The second kappa shape index (κ2) is 4.66. The van der Waals surface area contributed by atoms with Crippen molar-refractivity contribution in [2.75, 3.05) is 0 Å². The highest BCUT2D eigenvalue weighted by Gasteiger charge is 2.15. The molecule has 4 rings (SSSR count). The van der Waals surface area contributed by atoms with Crippen LogP contribution in [-0.4, -0.2) is 15.2 Å². The molecule has 4 aromatic rings. The highest BCUT2D eigenvalue weighted by Crippen LogP contribution is 2.31. The van der Waals surface area contributed by atoms with Crippen LogP contribution in [0.1, 0.15) is 0 Å². The Balaban J connectivity index is 2.35. The second-order valence-corrected chi connectivity index (χ2v) is 5.00. The van der Waals surface area contributed by atoms with E-state index in [9.17, 15) is 9.59 Å². The van der Waals surface area contributed by atoms with Gasteiger partial charge in [-0.05, 0) is 11.6 Å². The number of rotatable bonds is 1. The van der Waals surface area contributed by atoms with Crippen LogP contribution in [0.4, 0.5) is 0 Å². The molecule has 0 unspecified atom stereocenters. The molecule has 106 valence electrons. The van der Waals surface area contributed by atoms with Gasteiger partial charge in [0.25, 0.3) is 11.1 Å². The fourth-order valence-electron chi connectivity index (χ4n) is 2.74. The van der Waals surface area contributed by atoms with Gasteiger partial charge < -0.3 is 0 Å². The van der Waals surface area contributed by atoms with Crippen LogP contribution >= 0.6 is 0 Å². The summed E-state index contributed by atoms with van der Waals surface area (Å²) in [6, 6.07) is 17.0. The molecule has 0 fully saturated rings. The van der Waals surface area contributed by atoms with Crippen LogP contribution in [0.25, 0.3) is 32.9 Å². The van der Waals surface area contributed by atoms with Gasteiger partial charge in [-0.1, -0.05) is 48.5 Å². The van der Waals surface area contributed by atoms with Crippen molar-refractivity contribution in [1.82, 2.24) is 15.2 Å². The number of nitrogens with one attached hydrogen (secondary N) is 2. The smallest absolute Gasteiger partial charge is 0.267 e. The summed E-state index contributed by atoms with van der Waals surface area (Å²) < 4.78 is 0. The number of H-pyrrole nitrogens is 2. The van der Waals surface area contributed by atoms with E-state index in [1.54, 1.807) is 0 Å². The number of fused-ring (bicyclic) bond motifs is 2. The Labute approximate surface area is 124 Å². The monoisotopic (exact) mass is 289 g/mol. The van der Waals surface area contributed by atoms with Gasteiger partial charge in [-0.15, -0.1) is 0 Å². The highest BCUT2D eigenvalue weighted by molar-refractivity contribution is 6.08. The quantitative estimate of drug-likeness (QED) is 0.528. The van der Waals surface area contributed by atoms with E-state index in [1.807, 2.05) is 54.6 Å². The number of hydrogen-bond acceptors (Lipinski definition) is 3. The van der Waals surface area contributed by atoms with Crippen molar-refractivity contribution in [3.63, 3.8) is 0 Å². The largest absolute Gasteiger partial charge is 0.289 e. The molecule has 0 atom stereocenters. The zero-order valence-corrected chi connectivity index (χ0v) is 11.5. The highest BCUT2D eigenvalue weighted by atomic mass is 16.1. The number of pyridine rings is 1. The van der Waals surface area contributed by atoms with E-state index in [1.165, 1.54) is 0 Å². The Morgan fingerprint density at radius 1 is 0.773 bits per heavy atom. The summed E-state index contributed by atoms with van der Waals surface area (Å²) in [5.41, 5.74) is 1.69. The van der Waals surface area contributed by atoms with E-state index in [-0.39, 0.29) is 11.1 Å². The van der Waals surface area contributed by atoms with Gasteiger partial charge in [0.15, 0.2) is 0 Å². The molecule has 2 aromatic carbocycles. The van der Waals surface area contributed by atoms with Crippen LogP contribution < -0.4 is 11.1 Å². The molecule has 0 radical (unpaired) electrons. The van der Waals surface area contributed by atoms with Crippen molar-refractivity contribution in [2.45, 2.75) is 0 Å². The molecule has 0 aliphatic heterocycles. The Bertz CT molecular complexity index is 1110. The first-order chi connectivity index (χ1) is 10.8. The number of aromatic nitrogens is 3. The minimum atomic E-state index is -0.405. The van der Waals surface area contributed by atoms with Gasteiger partial charge in [0, 0.05) is 10.9 Å². The lowest BCUT2D eigenvalue weighted by atomic mass is 9.97. The first-order valence-corrected chi connectivity index (χ1v) is 6.84. The Hall–Kier alpha value is -3.21. The van der Waals surface area contributed by atoms with Gasteiger partial charge in [0.05, 0.1) is 10.9 Å². The topological polar surface area (TPSA) is 78.6 Å². The molecule has 0 aliphatic carbocycles. The van der Waals surface area contributed by atoms with E-state index >= 15 is 0 Å². The molecule has 5 heteroatoms. The first kappa shape index (κ1) is 12.5. The summed E-state index contributed by atoms with van der Waals surface area (Å²) in [6.45, 7) is 0. The molecular weight excluding hydrogens is 278 g/mol. The Morgan fingerprint density at radius 3 is 2.27 bits per heavy atom. The molecule has 5 nitrogen and oxygen atoms in total. The molecule has 0 bridgehead atoms. The summed E-state index contributed by atoms with van der Waals surface area (Å²) in [6.07, 6.45) is 0. The van der Waals surface area contributed by atoms with Gasteiger partial charge in [0.1, 0.15) is 5.52 Å². The third-order valence-electron chi connectivity index (χ3n) is 3.69. The zero-order valence-electron chi connectivity index (χ0n) is 11.5. The van der Waals surface area contributed by atoms with Crippen LogP contribution in [0.5, 0.6) is 0 Å². The van der Waals surface area contributed by atoms with Crippen LogP contribution in [0, 0.1) is 0 Å². The predicted octanol–water partition coefficient (Wildman–Crippen LogP) is 2.43. The summed E-state index contributed by atoms with van der Waals surface area (Å²) in [5, 5.41) is 5.87. The molecule has 2 N–H and O–H groups in total.